The molecule has 1 N–H and O–H groups in total. The molecule has 2 amide bonds. The summed E-state index contributed by atoms with van der Waals surface area (Å²) in [7, 11) is 0. The molecular weight excluding hydrogens is 372 g/mol. The van der Waals surface area contributed by atoms with Crippen LogP contribution < -0.4 is 10.4 Å². The Labute approximate surface area is 182 Å². The first-order valence-electron chi connectivity index (χ1n) is 12.4. The topological polar surface area (TPSA) is 38.8 Å². The average Bonchev–Trinajstić information content (AvgIpc) is 3.04. The molecule has 1 aromatic carbocycles. The molecule has 1 fully saturated rings. The maximum atomic E-state index is 13.0. The van der Waals surface area contributed by atoms with Crippen molar-refractivity contribution in [1.29, 1.82) is 0 Å². The van der Waals surface area contributed by atoms with Crippen molar-refractivity contribution < 1.29 is 4.79 Å². The molecule has 4 rings (SSSR count). The van der Waals surface area contributed by atoms with Crippen molar-refractivity contribution >= 4 is 11.7 Å². The number of carbonyl (C=O) groups excluding carboxylic acids is 1. The third kappa shape index (κ3) is 3.59. The van der Waals surface area contributed by atoms with Gasteiger partial charge in [-0.3, -0.25) is 9.91 Å². The highest BCUT2D eigenvalue weighted by atomic mass is 16.2. The van der Waals surface area contributed by atoms with Gasteiger partial charge >= 0.3 is 6.03 Å². The lowest BCUT2D eigenvalue weighted by Crippen LogP contribution is -2.53. The van der Waals surface area contributed by atoms with Gasteiger partial charge in [-0.15, -0.1) is 0 Å². The number of piperidine rings is 1. The smallest absolute Gasteiger partial charge is 0.324 e. The van der Waals surface area contributed by atoms with Gasteiger partial charge < -0.3 is 4.90 Å². The predicted molar refractivity (Wildman–Crippen MR) is 124 cm³/mol. The van der Waals surface area contributed by atoms with E-state index in [2.05, 4.69) is 47.4 Å². The van der Waals surface area contributed by atoms with Crippen LogP contribution in [0.3, 0.4) is 0 Å². The fourth-order valence-corrected chi connectivity index (χ4v) is 6.42. The van der Waals surface area contributed by atoms with Crippen LogP contribution in [-0.2, 0) is 0 Å². The second kappa shape index (κ2) is 9.17. The number of carbonyl (C=O) groups is 1. The first kappa shape index (κ1) is 21.5. The fraction of sp³-hybridized carbons (Fsp3) is 0.720. The molecule has 1 aliphatic carbocycles. The van der Waals surface area contributed by atoms with Gasteiger partial charge in [-0.1, -0.05) is 32.4 Å². The lowest BCUT2D eigenvalue weighted by molar-refractivity contribution is 0.102. The van der Waals surface area contributed by atoms with Gasteiger partial charge in [-0.05, 0) is 82.2 Å². The molecule has 0 bridgehead atoms. The minimum Gasteiger partial charge on any atom is -0.324 e. The number of urea groups is 1. The number of hydrogen-bond acceptors (Lipinski definition) is 3. The van der Waals surface area contributed by atoms with E-state index in [9.17, 15) is 4.79 Å². The summed E-state index contributed by atoms with van der Waals surface area (Å²) in [6, 6.07) is 7.88. The summed E-state index contributed by atoms with van der Waals surface area (Å²) in [4.78, 5) is 17.6. The van der Waals surface area contributed by atoms with E-state index >= 15 is 0 Å². The molecule has 30 heavy (non-hydrogen) atoms. The van der Waals surface area contributed by atoms with Crippen molar-refractivity contribution in [2.45, 2.75) is 90.1 Å². The second-order valence-corrected chi connectivity index (χ2v) is 9.29. The molecule has 5 heteroatoms. The molecule has 0 saturated carbocycles. The van der Waals surface area contributed by atoms with Crippen LogP contribution in [0, 0.1) is 0 Å². The van der Waals surface area contributed by atoms with Gasteiger partial charge in [0.15, 0.2) is 0 Å². The summed E-state index contributed by atoms with van der Waals surface area (Å²) in [5.41, 5.74) is 7.67. The van der Waals surface area contributed by atoms with E-state index in [0.29, 0.717) is 23.9 Å². The molecule has 2 heterocycles. The average molecular weight is 413 g/mol. The first-order valence-corrected chi connectivity index (χ1v) is 12.4. The quantitative estimate of drug-likeness (QED) is 0.678. The van der Waals surface area contributed by atoms with Crippen molar-refractivity contribution in [2.24, 2.45) is 0 Å². The molecule has 166 valence electrons. The largest absolute Gasteiger partial charge is 0.336 e. The number of hydrazine groups is 1. The van der Waals surface area contributed by atoms with E-state index in [1.807, 2.05) is 18.7 Å². The minimum absolute atomic E-state index is 0.0300. The normalized spacial score (nSPS) is 27.5. The number of nitrogens with one attached hydrogen (secondary N) is 1. The van der Waals surface area contributed by atoms with E-state index in [4.69, 9.17) is 0 Å². The van der Waals surface area contributed by atoms with Crippen LogP contribution >= 0.6 is 0 Å². The summed E-state index contributed by atoms with van der Waals surface area (Å²) in [5, 5.41) is 2.25. The maximum absolute atomic E-state index is 13.0. The molecule has 0 aromatic heterocycles. The Morgan fingerprint density at radius 2 is 1.93 bits per heavy atom. The summed E-state index contributed by atoms with van der Waals surface area (Å²) >= 11 is 0. The Kier molecular flexibility index (Phi) is 6.57. The van der Waals surface area contributed by atoms with E-state index in [-0.39, 0.29) is 6.03 Å². The minimum atomic E-state index is 0.0300. The zero-order chi connectivity index (χ0) is 21.3. The van der Waals surface area contributed by atoms with Gasteiger partial charge in [-0.2, -0.15) is 0 Å². The van der Waals surface area contributed by atoms with Gasteiger partial charge in [0.05, 0.1) is 11.7 Å². The number of benzene rings is 1. The Hall–Kier alpha value is -1.75. The van der Waals surface area contributed by atoms with Crippen molar-refractivity contribution in [3.05, 3.63) is 29.3 Å². The van der Waals surface area contributed by atoms with Crippen molar-refractivity contribution in [1.82, 2.24) is 15.2 Å². The molecule has 0 spiro atoms. The molecule has 0 radical (unpaired) electrons. The van der Waals surface area contributed by atoms with Crippen LogP contribution in [0.15, 0.2) is 18.2 Å². The predicted octanol–water partition coefficient (Wildman–Crippen LogP) is 5.09. The molecular formula is C25H40N4O. The fourth-order valence-electron chi connectivity index (χ4n) is 6.42. The number of nitrogens with zero attached hydrogens (tertiary/aromatic N) is 3. The Bertz CT molecular complexity index is 745. The van der Waals surface area contributed by atoms with E-state index in [0.717, 1.165) is 25.9 Å². The van der Waals surface area contributed by atoms with Crippen LogP contribution in [0.25, 0.3) is 0 Å². The third-order valence-electron chi connectivity index (χ3n) is 7.69. The van der Waals surface area contributed by atoms with Crippen LogP contribution in [0.1, 0.15) is 89.2 Å². The Morgan fingerprint density at radius 1 is 1.13 bits per heavy atom. The van der Waals surface area contributed by atoms with Crippen LogP contribution in [0.5, 0.6) is 0 Å². The summed E-state index contributed by atoms with van der Waals surface area (Å²) < 4.78 is 0. The summed E-state index contributed by atoms with van der Waals surface area (Å²) in [6.45, 7) is 12.6. The van der Waals surface area contributed by atoms with E-state index < -0.39 is 0 Å². The van der Waals surface area contributed by atoms with Gasteiger partial charge in [0.1, 0.15) is 0 Å². The molecule has 2 aliphatic heterocycles. The molecule has 3 aliphatic rings. The number of rotatable bonds is 7. The van der Waals surface area contributed by atoms with Crippen molar-refractivity contribution in [3.63, 3.8) is 0 Å². The second-order valence-electron chi connectivity index (χ2n) is 9.29. The Morgan fingerprint density at radius 3 is 2.63 bits per heavy atom. The number of hydrogen-bond donors (Lipinski definition) is 1. The van der Waals surface area contributed by atoms with E-state index in [1.54, 1.807) is 5.56 Å². The van der Waals surface area contributed by atoms with Gasteiger partial charge in [0, 0.05) is 25.0 Å². The molecule has 4 atom stereocenters. The Balaban J connectivity index is 1.70. The van der Waals surface area contributed by atoms with Crippen LogP contribution in [0.2, 0.25) is 0 Å². The maximum Gasteiger partial charge on any atom is 0.336 e. The van der Waals surface area contributed by atoms with Gasteiger partial charge in [0.2, 0.25) is 0 Å². The lowest BCUT2D eigenvalue weighted by Gasteiger charge is -2.47. The zero-order valence-electron chi connectivity index (χ0n) is 19.4. The zero-order valence-corrected chi connectivity index (χ0v) is 19.4. The van der Waals surface area contributed by atoms with Crippen LogP contribution in [0.4, 0.5) is 10.5 Å². The summed E-state index contributed by atoms with van der Waals surface area (Å²) in [6.07, 6.45) is 7.31. The highest BCUT2D eigenvalue weighted by Gasteiger charge is 2.48. The highest BCUT2D eigenvalue weighted by Crippen LogP contribution is 2.54. The molecule has 1 saturated heterocycles. The van der Waals surface area contributed by atoms with Crippen molar-refractivity contribution in [3.8, 4) is 0 Å². The van der Waals surface area contributed by atoms with Crippen molar-refractivity contribution in [2.75, 3.05) is 31.2 Å². The van der Waals surface area contributed by atoms with Gasteiger partial charge in [0.25, 0.3) is 0 Å². The number of anilines is 1. The third-order valence-corrected chi connectivity index (χ3v) is 7.69. The number of fused-ring (bicyclic) bond motifs is 2. The van der Waals surface area contributed by atoms with Crippen LogP contribution in [-0.4, -0.2) is 54.1 Å². The monoisotopic (exact) mass is 412 g/mol. The molecule has 2 unspecified atom stereocenters. The number of amides is 2. The SMILES string of the molecule is CCCC1C2C[C@@H]3[C@H](CCCN3CCC)c3cccc(c32)N1NC(=O)N(CC)CC. The number of likely N-dealkylation sites (tertiary alicyclic amines) is 1. The molecule has 1 aromatic rings. The van der Waals surface area contributed by atoms with E-state index in [1.165, 1.54) is 50.0 Å². The highest BCUT2D eigenvalue weighted by molar-refractivity contribution is 5.78. The summed E-state index contributed by atoms with van der Waals surface area (Å²) in [5.74, 6) is 1.17. The standard InChI is InChI=1S/C25H40N4O/c1-5-11-21-20-17-23-18(13-10-16-28(23)15-6-2)19-12-9-14-22(24(19)20)29(21)26-25(30)27(7-3)8-4/h9,12,14,18,20-21,23H,5-8,10-11,13,15-17H2,1-4H3,(H,26,30)/t18-,20?,21?,23-/m1/s1. The first-order chi connectivity index (χ1) is 14.6. The lowest BCUT2D eigenvalue weighted by atomic mass is 9.68. The van der Waals surface area contributed by atoms with Gasteiger partial charge in [-0.25, -0.2) is 10.2 Å². The molecule has 5 nitrogen and oxygen atoms in total.